The Morgan fingerprint density at radius 2 is 1.29 bits per heavy atom. The van der Waals surface area contributed by atoms with Gasteiger partial charge >= 0.3 is 0 Å². The van der Waals surface area contributed by atoms with E-state index in [2.05, 4.69) is 86.6 Å². The Balaban J connectivity index is 1.57. The first kappa shape index (κ1) is 16.3. The SMILES string of the molecule is Cc1ccc2c(c1)sc1cc(-c3ccc4sc5c(C)cccc5c4c3)ccc12. The van der Waals surface area contributed by atoms with Crippen LogP contribution in [0.2, 0.25) is 0 Å². The molecular formula is C26H18S2. The molecule has 0 aliphatic rings. The van der Waals surface area contributed by atoms with E-state index < -0.39 is 0 Å². The maximum Gasteiger partial charge on any atom is 0.0384 e. The number of fused-ring (bicyclic) bond motifs is 6. The number of hydrogen-bond acceptors (Lipinski definition) is 2. The summed E-state index contributed by atoms with van der Waals surface area (Å²) in [6.45, 7) is 4.37. The summed E-state index contributed by atoms with van der Waals surface area (Å²) in [5.41, 5.74) is 5.28. The highest BCUT2D eigenvalue weighted by Crippen LogP contribution is 2.40. The van der Waals surface area contributed by atoms with Gasteiger partial charge in [-0.2, -0.15) is 0 Å². The summed E-state index contributed by atoms with van der Waals surface area (Å²) < 4.78 is 5.52. The minimum absolute atomic E-state index is 1.30. The second kappa shape index (κ2) is 5.91. The predicted octanol–water partition coefficient (Wildman–Crippen LogP) is 8.71. The van der Waals surface area contributed by atoms with Crippen LogP contribution >= 0.6 is 22.7 Å². The fourth-order valence-corrected chi connectivity index (χ4v) is 6.58. The highest BCUT2D eigenvalue weighted by molar-refractivity contribution is 7.26. The molecular weight excluding hydrogens is 376 g/mol. The van der Waals surface area contributed by atoms with E-state index in [9.17, 15) is 0 Å². The van der Waals surface area contributed by atoms with Crippen molar-refractivity contribution in [3.05, 3.63) is 83.9 Å². The van der Waals surface area contributed by atoms with Crippen LogP contribution in [0.3, 0.4) is 0 Å². The molecule has 0 spiro atoms. The Hall–Kier alpha value is -2.68. The molecule has 0 atom stereocenters. The molecule has 2 heterocycles. The smallest absolute Gasteiger partial charge is 0.0384 e. The Bertz CT molecular complexity index is 1530. The van der Waals surface area contributed by atoms with Gasteiger partial charge in [0.15, 0.2) is 0 Å². The molecule has 0 unspecified atom stereocenters. The quantitative estimate of drug-likeness (QED) is 0.261. The van der Waals surface area contributed by atoms with Crippen LogP contribution in [0.5, 0.6) is 0 Å². The third-order valence-corrected chi connectivity index (χ3v) is 8.09. The zero-order chi connectivity index (χ0) is 18.8. The van der Waals surface area contributed by atoms with Crippen LogP contribution in [-0.4, -0.2) is 0 Å². The zero-order valence-electron chi connectivity index (χ0n) is 15.7. The van der Waals surface area contributed by atoms with Gasteiger partial charge in [0.05, 0.1) is 0 Å². The minimum Gasteiger partial charge on any atom is -0.135 e. The summed E-state index contributed by atoms with van der Waals surface area (Å²) in [6.07, 6.45) is 0. The second-order valence-corrected chi connectivity index (χ2v) is 9.71. The van der Waals surface area contributed by atoms with E-state index in [0.29, 0.717) is 0 Å². The van der Waals surface area contributed by atoms with E-state index in [4.69, 9.17) is 0 Å². The molecule has 0 aliphatic carbocycles. The lowest BCUT2D eigenvalue weighted by molar-refractivity contribution is 1.52. The molecule has 0 radical (unpaired) electrons. The van der Waals surface area contributed by atoms with Gasteiger partial charge in [-0.3, -0.25) is 0 Å². The Morgan fingerprint density at radius 3 is 2.18 bits per heavy atom. The topological polar surface area (TPSA) is 0 Å². The molecule has 0 nitrogen and oxygen atoms in total. The van der Waals surface area contributed by atoms with Crippen LogP contribution in [0, 0.1) is 13.8 Å². The normalized spacial score (nSPS) is 11.9. The number of hydrogen-bond donors (Lipinski definition) is 0. The third-order valence-electron chi connectivity index (χ3n) is 5.66. The maximum absolute atomic E-state index is 2.37. The van der Waals surface area contributed by atoms with Crippen molar-refractivity contribution in [2.45, 2.75) is 13.8 Å². The van der Waals surface area contributed by atoms with Crippen LogP contribution in [-0.2, 0) is 0 Å². The average molecular weight is 395 g/mol. The van der Waals surface area contributed by atoms with Crippen molar-refractivity contribution in [1.82, 2.24) is 0 Å². The summed E-state index contributed by atoms with van der Waals surface area (Å²) in [4.78, 5) is 0. The first-order valence-corrected chi connectivity index (χ1v) is 11.2. The Kier molecular flexibility index (Phi) is 3.44. The second-order valence-electron chi connectivity index (χ2n) is 7.58. The average Bonchev–Trinajstić information content (AvgIpc) is 3.25. The molecule has 0 saturated heterocycles. The molecule has 6 rings (SSSR count). The number of thiophene rings is 2. The van der Waals surface area contributed by atoms with Gasteiger partial charge in [0.2, 0.25) is 0 Å². The highest BCUT2D eigenvalue weighted by atomic mass is 32.1. The molecule has 0 N–H and O–H groups in total. The molecule has 4 aromatic carbocycles. The fourth-order valence-electron chi connectivity index (χ4n) is 4.18. The molecule has 2 aromatic heterocycles. The van der Waals surface area contributed by atoms with Crippen molar-refractivity contribution in [3.63, 3.8) is 0 Å². The van der Waals surface area contributed by atoms with Crippen molar-refractivity contribution in [3.8, 4) is 11.1 Å². The molecule has 2 heteroatoms. The molecule has 0 saturated carbocycles. The summed E-state index contributed by atoms with van der Waals surface area (Å²) in [6, 6.07) is 27.2. The van der Waals surface area contributed by atoms with Crippen molar-refractivity contribution >= 4 is 63.0 Å². The summed E-state index contributed by atoms with van der Waals surface area (Å²) >= 11 is 3.80. The van der Waals surface area contributed by atoms with Crippen LogP contribution < -0.4 is 0 Å². The predicted molar refractivity (Wildman–Crippen MR) is 127 cm³/mol. The van der Waals surface area contributed by atoms with Crippen LogP contribution in [0.4, 0.5) is 0 Å². The first-order valence-electron chi connectivity index (χ1n) is 9.52. The Labute approximate surface area is 171 Å². The zero-order valence-corrected chi connectivity index (χ0v) is 17.4. The van der Waals surface area contributed by atoms with Gasteiger partial charge in [0.25, 0.3) is 0 Å². The van der Waals surface area contributed by atoms with Crippen molar-refractivity contribution < 1.29 is 0 Å². The molecule has 0 bridgehead atoms. The van der Waals surface area contributed by atoms with Gasteiger partial charge in [-0.25, -0.2) is 0 Å². The third kappa shape index (κ3) is 2.35. The molecule has 0 aliphatic heterocycles. The largest absolute Gasteiger partial charge is 0.135 e. The molecule has 0 amide bonds. The summed E-state index contributed by atoms with van der Waals surface area (Å²) in [5.74, 6) is 0. The highest BCUT2D eigenvalue weighted by Gasteiger charge is 2.10. The summed E-state index contributed by atoms with van der Waals surface area (Å²) in [5, 5.41) is 5.47. The standard InChI is InChI=1S/C26H18S2/c1-15-6-9-19-20-10-7-18(14-25(20)27-24(19)12-15)17-8-11-23-22(13-17)21-5-3-4-16(2)26(21)28-23/h3-14H,1-2H3. The van der Waals surface area contributed by atoms with Crippen molar-refractivity contribution in [1.29, 1.82) is 0 Å². The first-order chi connectivity index (χ1) is 13.7. The Morgan fingerprint density at radius 1 is 0.536 bits per heavy atom. The lowest BCUT2D eigenvalue weighted by atomic mass is 10.0. The van der Waals surface area contributed by atoms with E-state index in [1.165, 1.54) is 62.6 Å². The van der Waals surface area contributed by atoms with Gasteiger partial charge < -0.3 is 0 Å². The van der Waals surface area contributed by atoms with Crippen LogP contribution in [0.1, 0.15) is 11.1 Å². The monoisotopic (exact) mass is 394 g/mol. The van der Waals surface area contributed by atoms with Gasteiger partial charge in [0, 0.05) is 40.3 Å². The van der Waals surface area contributed by atoms with Crippen LogP contribution in [0.15, 0.2) is 72.8 Å². The number of rotatable bonds is 1. The van der Waals surface area contributed by atoms with Gasteiger partial charge in [-0.05, 0) is 60.4 Å². The molecule has 134 valence electrons. The number of aryl methyl sites for hydroxylation is 2. The van der Waals surface area contributed by atoms with E-state index in [0.717, 1.165) is 0 Å². The van der Waals surface area contributed by atoms with Crippen molar-refractivity contribution in [2.75, 3.05) is 0 Å². The van der Waals surface area contributed by atoms with Gasteiger partial charge in [0.1, 0.15) is 0 Å². The van der Waals surface area contributed by atoms with E-state index >= 15 is 0 Å². The van der Waals surface area contributed by atoms with Crippen LogP contribution in [0.25, 0.3) is 51.5 Å². The van der Waals surface area contributed by atoms with Crippen molar-refractivity contribution in [2.24, 2.45) is 0 Å². The molecule has 28 heavy (non-hydrogen) atoms. The fraction of sp³-hybridized carbons (Fsp3) is 0.0769. The molecule has 0 fully saturated rings. The molecule has 6 aromatic rings. The van der Waals surface area contributed by atoms with E-state index in [1.807, 2.05) is 22.7 Å². The maximum atomic E-state index is 2.37. The summed E-state index contributed by atoms with van der Waals surface area (Å²) in [7, 11) is 0. The lowest BCUT2D eigenvalue weighted by Crippen LogP contribution is -1.78. The van der Waals surface area contributed by atoms with E-state index in [-0.39, 0.29) is 0 Å². The lowest BCUT2D eigenvalue weighted by Gasteiger charge is -2.03. The van der Waals surface area contributed by atoms with E-state index in [1.54, 1.807) is 0 Å². The van der Waals surface area contributed by atoms with Gasteiger partial charge in [-0.1, -0.05) is 48.5 Å². The minimum atomic E-state index is 1.30. The van der Waals surface area contributed by atoms with Gasteiger partial charge in [-0.15, -0.1) is 22.7 Å². The number of benzene rings is 4.